The number of rotatable bonds is 4. The number of esters is 1. The van der Waals surface area contributed by atoms with Gasteiger partial charge in [-0.15, -0.1) is 0 Å². The zero-order chi connectivity index (χ0) is 13.0. The second-order valence-electron chi connectivity index (χ2n) is 3.37. The van der Waals surface area contributed by atoms with E-state index in [-0.39, 0.29) is 12.2 Å². The molecule has 4 nitrogen and oxygen atoms in total. The Hall–Kier alpha value is -1.36. The van der Waals surface area contributed by atoms with Gasteiger partial charge in [0.05, 0.1) is 19.3 Å². The number of benzene rings is 1. The molecular weight excluding hydrogens is 288 g/mol. The Balaban J connectivity index is 3.21. The van der Waals surface area contributed by atoms with Crippen molar-refractivity contribution in [1.29, 1.82) is 0 Å². The number of ether oxygens (including phenoxy) is 2. The average Bonchev–Trinajstić information content (AvgIpc) is 2.27. The molecule has 0 fully saturated rings. The number of carbonyl (C=O) groups is 2. The van der Waals surface area contributed by atoms with Crippen LogP contribution in [0, 0.1) is 6.92 Å². The van der Waals surface area contributed by atoms with Gasteiger partial charge in [0.2, 0.25) is 0 Å². The van der Waals surface area contributed by atoms with Crippen LogP contribution >= 0.6 is 15.9 Å². The molecule has 0 radical (unpaired) electrons. The van der Waals surface area contributed by atoms with Crippen LogP contribution in [0.15, 0.2) is 16.6 Å². The molecular formula is C12H13BrO4. The van der Waals surface area contributed by atoms with E-state index in [2.05, 4.69) is 20.7 Å². The molecule has 0 heterocycles. The zero-order valence-corrected chi connectivity index (χ0v) is 11.5. The van der Waals surface area contributed by atoms with E-state index in [1.54, 1.807) is 19.1 Å². The van der Waals surface area contributed by atoms with Crippen molar-refractivity contribution in [2.24, 2.45) is 0 Å². The lowest BCUT2D eigenvalue weighted by Crippen LogP contribution is -2.19. The molecule has 1 rings (SSSR count). The first-order chi connectivity index (χ1) is 8.01. The third-order valence-corrected chi connectivity index (χ3v) is 2.73. The van der Waals surface area contributed by atoms with Crippen LogP contribution in [0.1, 0.15) is 22.8 Å². The van der Waals surface area contributed by atoms with Gasteiger partial charge in [0.25, 0.3) is 5.78 Å². The molecule has 0 saturated carbocycles. The standard InChI is InChI=1S/C12H13BrO4/c1-4-17-12(15)11(14)10-8(13)5-7(2)6-9(10)16-3/h5-6H,4H2,1-3H3. The lowest BCUT2D eigenvalue weighted by Gasteiger charge is -2.10. The van der Waals surface area contributed by atoms with E-state index in [1.807, 2.05) is 6.92 Å². The van der Waals surface area contributed by atoms with Crippen LogP contribution in [-0.2, 0) is 9.53 Å². The molecule has 0 unspecified atom stereocenters. The first-order valence-corrected chi connectivity index (χ1v) is 5.86. The van der Waals surface area contributed by atoms with Crippen molar-refractivity contribution in [1.82, 2.24) is 0 Å². The van der Waals surface area contributed by atoms with Crippen LogP contribution in [0.2, 0.25) is 0 Å². The third kappa shape index (κ3) is 3.06. The van der Waals surface area contributed by atoms with Gasteiger partial charge in [-0.05, 0) is 47.5 Å². The summed E-state index contributed by atoms with van der Waals surface area (Å²) in [6, 6.07) is 3.44. The highest BCUT2D eigenvalue weighted by Crippen LogP contribution is 2.29. The summed E-state index contributed by atoms with van der Waals surface area (Å²) in [6.45, 7) is 3.68. The SMILES string of the molecule is CCOC(=O)C(=O)c1c(Br)cc(C)cc1OC. The minimum absolute atomic E-state index is 0.163. The molecule has 0 amide bonds. The molecule has 0 spiro atoms. The number of halogens is 1. The molecule has 17 heavy (non-hydrogen) atoms. The van der Waals surface area contributed by atoms with Crippen molar-refractivity contribution in [2.45, 2.75) is 13.8 Å². The summed E-state index contributed by atoms with van der Waals surface area (Å²) in [6.07, 6.45) is 0. The van der Waals surface area contributed by atoms with E-state index in [9.17, 15) is 9.59 Å². The molecule has 0 aliphatic heterocycles. The summed E-state index contributed by atoms with van der Waals surface area (Å²) in [5.41, 5.74) is 1.12. The van der Waals surface area contributed by atoms with Crippen molar-refractivity contribution < 1.29 is 19.1 Å². The van der Waals surface area contributed by atoms with Gasteiger partial charge in [-0.2, -0.15) is 0 Å². The van der Waals surface area contributed by atoms with Gasteiger partial charge < -0.3 is 9.47 Å². The Morgan fingerprint density at radius 1 is 1.35 bits per heavy atom. The third-order valence-electron chi connectivity index (χ3n) is 2.11. The lowest BCUT2D eigenvalue weighted by molar-refractivity contribution is -0.137. The maximum absolute atomic E-state index is 11.9. The fourth-order valence-corrected chi connectivity index (χ4v) is 2.13. The minimum Gasteiger partial charge on any atom is -0.496 e. The Kier molecular flexibility index (Phi) is 4.69. The topological polar surface area (TPSA) is 52.6 Å². The number of Topliss-reactive ketones (excluding diaryl/α,β-unsaturated/α-hetero) is 1. The number of carbonyl (C=O) groups excluding carboxylic acids is 2. The molecule has 0 aliphatic rings. The molecule has 0 aromatic heterocycles. The normalized spacial score (nSPS) is 9.88. The second-order valence-corrected chi connectivity index (χ2v) is 4.23. The van der Waals surface area contributed by atoms with Crippen LogP contribution in [0.4, 0.5) is 0 Å². The second kappa shape index (κ2) is 5.82. The highest BCUT2D eigenvalue weighted by Gasteiger charge is 2.24. The largest absolute Gasteiger partial charge is 0.496 e. The summed E-state index contributed by atoms with van der Waals surface area (Å²) in [5, 5.41) is 0. The first kappa shape index (κ1) is 13.7. The van der Waals surface area contributed by atoms with E-state index in [4.69, 9.17) is 4.74 Å². The zero-order valence-electron chi connectivity index (χ0n) is 9.87. The van der Waals surface area contributed by atoms with Gasteiger partial charge in [-0.1, -0.05) is 0 Å². The molecule has 92 valence electrons. The molecule has 0 N–H and O–H groups in total. The number of hydrogen-bond donors (Lipinski definition) is 0. The van der Waals surface area contributed by atoms with Crippen molar-refractivity contribution in [3.8, 4) is 5.75 Å². The van der Waals surface area contributed by atoms with Crippen molar-refractivity contribution in [3.63, 3.8) is 0 Å². The summed E-state index contributed by atoms with van der Waals surface area (Å²) in [5.74, 6) is -1.24. The highest BCUT2D eigenvalue weighted by molar-refractivity contribution is 9.10. The van der Waals surface area contributed by atoms with Crippen molar-refractivity contribution >= 4 is 27.7 Å². The van der Waals surface area contributed by atoms with E-state index in [1.165, 1.54) is 7.11 Å². The number of hydrogen-bond acceptors (Lipinski definition) is 4. The summed E-state index contributed by atoms with van der Waals surface area (Å²) in [7, 11) is 1.45. The highest BCUT2D eigenvalue weighted by atomic mass is 79.9. The van der Waals surface area contributed by atoms with Gasteiger partial charge in [-0.3, -0.25) is 4.79 Å². The molecule has 0 aliphatic carbocycles. The molecule has 1 aromatic rings. The van der Waals surface area contributed by atoms with Gasteiger partial charge in [0.15, 0.2) is 0 Å². The monoisotopic (exact) mass is 300 g/mol. The van der Waals surface area contributed by atoms with Gasteiger partial charge >= 0.3 is 5.97 Å². The minimum atomic E-state index is -0.879. The predicted molar refractivity (Wildman–Crippen MR) is 66.4 cm³/mol. The summed E-state index contributed by atoms with van der Waals surface area (Å²) >= 11 is 3.25. The van der Waals surface area contributed by atoms with Crippen LogP contribution < -0.4 is 4.74 Å². The molecule has 5 heteroatoms. The Morgan fingerprint density at radius 2 is 2.00 bits per heavy atom. The maximum atomic E-state index is 11.9. The molecule has 1 aromatic carbocycles. The summed E-state index contributed by atoms with van der Waals surface area (Å²) in [4.78, 5) is 23.3. The van der Waals surface area contributed by atoms with E-state index in [0.29, 0.717) is 10.2 Å². The number of aryl methyl sites for hydroxylation is 1. The van der Waals surface area contributed by atoms with Crippen LogP contribution in [0.5, 0.6) is 5.75 Å². The quantitative estimate of drug-likeness (QED) is 0.487. The number of ketones is 1. The Labute approximate surface area is 108 Å². The molecule has 0 atom stereocenters. The van der Waals surface area contributed by atoms with E-state index in [0.717, 1.165) is 5.56 Å². The van der Waals surface area contributed by atoms with Crippen molar-refractivity contribution in [2.75, 3.05) is 13.7 Å². The fraction of sp³-hybridized carbons (Fsp3) is 0.333. The first-order valence-electron chi connectivity index (χ1n) is 5.06. The number of methoxy groups -OCH3 is 1. The maximum Gasteiger partial charge on any atom is 0.379 e. The van der Waals surface area contributed by atoms with Crippen LogP contribution in [0.25, 0.3) is 0 Å². The Bertz CT molecular complexity index is 454. The van der Waals surface area contributed by atoms with Crippen LogP contribution in [0.3, 0.4) is 0 Å². The smallest absolute Gasteiger partial charge is 0.379 e. The molecule has 0 bridgehead atoms. The summed E-state index contributed by atoms with van der Waals surface area (Å²) < 4.78 is 10.3. The average molecular weight is 301 g/mol. The van der Waals surface area contributed by atoms with Gasteiger partial charge in [0.1, 0.15) is 5.75 Å². The van der Waals surface area contributed by atoms with E-state index >= 15 is 0 Å². The van der Waals surface area contributed by atoms with Crippen LogP contribution in [-0.4, -0.2) is 25.5 Å². The van der Waals surface area contributed by atoms with Gasteiger partial charge in [0, 0.05) is 4.47 Å². The predicted octanol–water partition coefficient (Wildman–Crippen LogP) is 2.51. The lowest BCUT2D eigenvalue weighted by atomic mass is 10.1. The van der Waals surface area contributed by atoms with E-state index < -0.39 is 11.8 Å². The van der Waals surface area contributed by atoms with Crippen molar-refractivity contribution in [3.05, 3.63) is 27.7 Å². The molecule has 0 saturated heterocycles. The van der Waals surface area contributed by atoms with Gasteiger partial charge in [-0.25, -0.2) is 4.79 Å². The fourth-order valence-electron chi connectivity index (χ4n) is 1.39. The Morgan fingerprint density at radius 3 is 2.53 bits per heavy atom.